The van der Waals surface area contributed by atoms with Crippen LogP contribution in [0.4, 0.5) is 10.2 Å². The van der Waals surface area contributed by atoms with E-state index in [2.05, 4.69) is 9.97 Å². The van der Waals surface area contributed by atoms with Crippen molar-refractivity contribution in [2.75, 3.05) is 12.4 Å². The zero-order valence-corrected chi connectivity index (χ0v) is 9.07. The third-order valence-corrected chi connectivity index (χ3v) is 3.39. The summed E-state index contributed by atoms with van der Waals surface area (Å²) in [4.78, 5) is 8.19. The maximum atomic E-state index is 13.1. The van der Waals surface area contributed by atoms with Crippen LogP contribution in [0.1, 0.15) is 18.4 Å². The minimum atomic E-state index is -0.368. The molecule has 1 fully saturated rings. The fraction of sp³-hybridized carbons (Fsp3) is 0.455. The first-order valence-corrected chi connectivity index (χ1v) is 5.32. The van der Waals surface area contributed by atoms with E-state index in [1.807, 2.05) is 17.7 Å². The standard InChI is InChI=1S/C11H13FN4/c1-7-4-16(11(5-12)2-3-11)10-8(7)9(13)14-6-15-10/h4,6H,2-3,5H2,1H3,(H2,13,14,15). The number of alkyl halides is 1. The molecule has 0 aromatic carbocycles. The van der Waals surface area contributed by atoms with Gasteiger partial charge in [0.1, 0.15) is 24.5 Å². The molecule has 0 bridgehead atoms. The summed E-state index contributed by atoms with van der Waals surface area (Å²) in [5, 5.41) is 0.849. The monoisotopic (exact) mass is 220 g/mol. The molecule has 0 radical (unpaired) electrons. The minimum Gasteiger partial charge on any atom is -0.383 e. The largest absolute Gasteiger partial charge is 0.383 e. The second kappa shape index (κ2) is 2.93. The molecule has 0 amide bonds. The van der Waals surface area contributed by atoms with Gasteiger partial charge in [-0.15, -0.1) is 0 Å². The normalized spacial score (nSPS) is 17.9. The van der Waals surface area contributed by atoms with E-state index >= 15 is 0 Å². The Morgan fingerprint density at radius 2 is 2.25 bits per heavy atom. The molecule has 2 N–H and O–H groups in total. The second-order valence-electron chi connectivity index (χ2n) is 4.50. The first-order chi connectivity index (χ1) is 7.68. The lowest BCUT2D eigenvalue weighted by molar-refractivity contribution is 0.342. The SMILES string of the molecule is Cc1cn(C2(CF)CC2)c2ncnc(N)c12. The summed E-state index contributed by atoms with van der Waals surface area (Å²) in [6.45, 7) is 1.60. The van der Waals surface area contributed by atoms with Crippen LogP contribution in [0.2, 0.25) is 0 Å². The van der Waals surface area contributed by atoms with Crippen molar-refractivity contribution in [3.05, 3.63) is 18.1 Å². The van der Waals surface area contributed by atoms with Gasteiger partial charge in [0.2, 0.25) is 0 Å². The third kappa shape index (κ3) is 1.08. The third-order valence-electron chi connectivity index (χ3n) is 3.39. The van der Waals surface area contributed by atoms with Gasteiger partial charge in [0.25, 0.3) is 0 Å². The Kier molecular flexibility index (Phi) is 1.75. The summed E-state index contributed by atoms with van der Waals surface area (Å²) >= 11 is 0. The maximum Gasteiger partial charge on any atom is 0.146 e. The highest BCUT2D eigenvalue weighted by Gasteiger charge is 2.45. The highest BCUT2D eigenvalue weighted by Crippen LogP contribution is 2.46. The van der Waals surface area contributed by atoms with E-state index in [1.165, 1.54) is 6.33 Å². The number of hydrogen-bond acceptors (Lipinski definition) is 3. The van der Waals surface area contributed by atoms with Crippen molar-refractivity contribution in [2.24, 2.45) is 0 Å². The molecule has 0 atom stereocenters. The highest BCUT2D eigenvalue weighted by atomic mass is 19.1. The molecule has 0 unspecified atom stereocenters. The number of aryl methyl sites for hydroxylation is 1. The molecular weight excluding hydrogens is 207 g/mol. The number of nitrogens with zero attached hydrogens (tertiary/aromatic N) is 3. The summed E-state index contributed by atoms with van der Waals surface area (Å²) in [6, 6.07) is 0. The van der Waals surface area contributed by atoms with Crippen LogP contribution >= 0.6 is 0 Å². The van der Waals surface area contributed by atoms with Gasteiger partial charge in [-0.3, -0.25) is 0 Å². The fourth-order valence-electron chi connectivity index (χ4n) is 2.21. The molecular formula is C11H13FN4. The van der Waals surface area contributed by atoms with Crippen LogP contribution in [0.5, 0.6) is 0 Å². The summed E-state index contributed by atoms with van der Waals surface area (Å²) in [5.74, 6) is 0.468. The minimum absolute atomic E-state index is 0.347. The molecule has 1 aliphatic rings. The number of aromatic nitrogens is 3. The van der Waals surface area contributed by atoms with E-state index in [9.17, 15) is 4.39 Å². The van der Waals surface area contributed by atoms with Gasteiger partial charge in [-0.2, -0.15) is 0 Å². The van der Waals surface area contributed by atoms with Crippen molar-refractivity contribution in [3.63, 3.8) is 0 Å². The van der Waals surface area contributed by atoms with E-state index in [1.54, 1.807) is 0 Å². The van der Waals surface area contributed by atoms with Gasteiger partial charge in [-0.25, -0.2) is 14.4 Å². The van der Waals surface area contributed by atoms with Gasteiger partial charge in [0, 0.05) is 6.20 Å². The topological polar surface area (TPSA) is 56.7 Å². The lowest BCUT2D eigenvalue weighted by Gasteiger charge is -2.13. The Morgan fingerprint density at radius 1 is 1.50 bits per heavy atom. The van der Waals surface area contributed by atoms with Crippen LogP contribution < -0.4 is 5.73 Å². The summed E-state index contributed by atoms with van der Waals surface area (Å²) in [7, 11) is 0. The van der Waals surface area contributed by atoms with Crippen molar-refractivity contribution >= 4 is 16.9 Å². The van der Waals surface area contributed by atoms with Gasteiger partial charge < -0.3 is 10.3 Å². The number of nitrogens with two attached hydrogens (primary N) is 1. The fourth-order valence-corrected chi connectivity index (χ4v) is 2.21. The van der Waals surface area contributed by atoms with Gasteiger partial charge in [0.05, 0.1) is 10.9 Å². The van der Waals surface area contributed by atoms with Crippen molar-refractivity contribution in [3.8, 4) is 0 Å². The van der Waals surface area contributed by atoms with Gasteiger partial charge >= 0.3 is 0 Å². The lowest BCUT2D eigenvalue weighted by atomic mass is 10.2. The molecule has 1 saturated carbocycles. The van der Waals surface area contributed by atoms with Gasteiger partial charge in [-0.05, 0) is 25.3 Å². The second-order valence-corrected chi connectivity index (χ2v) is 4.50. The highest BCUT2D eigenvalue weighted by molar-refractivity contribution is 5.89. The predicted molar refractivity (Wildman–Crippen MR) is 59.9 cm³/mol. The van der Waals surface area contributed by atoms with Gasteiger partial charge in [0.15, 0.2) is 0 Å². The van der Waals surface area contributed by atoms with Crippen LogP contribution in [0, 0.1) is 6.92 Å². The Bertz CT molecular complexity index is 556. The van der Waals surface area contributed by atoms with E-state index in [-0.39, 0.29) is 12.2 Å². The van der Waals surface area contributed by atoms with Crippen LogP contribution in [0.25, 0.3) is 11.0 Å². The molecule has 5 heteroatoms. The molecule has 16 heavy (non-hydrogen) atoms. The molecule has 1 aliphatic carbocycles. The Morgan fingerprint density at radius 3 is 2.88 bits per heavy atom. The first kappa shape index (κ1) is 9.57. The van der Waals surface area contributed by atoms with Crippen molar-refractivity contribution in [2.45, 2.75) is 25.3 Å². The van der Waals surface area contributed by atoms with Crippen molar-refractivity contribution in [1.29, 1.82) is 0 Å². The Hall–Kier alpha value is -1.65. The summed E-state index contributed by atoms with van der Waals surface area (Å²) in [5.41, 5.74) is 7.21. The molecule has 0 aliphatic heterocycles. The summed E-state index contributed by atoms with van der Waals surface area (Å²) in [6.07, 6.45) is 5.11. The molecule has 2 heterocycles. The maximum absolute atomic E-state index is 13.1. The van der Waals surface area contributed by atoms with E-state index in [4.69, 9.17) is 5.73 Å². The van der Waals surface area contributed by atoms with Crippen LogP contribution in [-0.2, 0) is 5.54 Å². The molecule has 0 saturated heterocycles. The van der Waals surface area contributed by atoms with Crippen LogP contribution in [0.15, 0.2) is 12.5 Å². The zero-order chi connectivity index (χ0) is 11.3. The number of hydrogen-bond donors (Lipinski definition) is 1. The average Bonchev–Trinajstić information content (AvgIpc) is 2.99. The number of anilines is 1. The number of fused-ring (bicyclic) bond motifs is 1. The number of rotatable bonds is 2. The molecule has 0 spiro atoms. The van der Waals surface area contributed by atoms with Crippen molar-refractivity contribution in [1.82, 2.24) is 14.5 Å². The number of halogens is 1. The smallest absolute Gasteiger partial charge is 0.146 e. The van der Waals surface area contributed by atoms with E-state index < -0.39 is 0 Å². The number of nitrogen functional groups attached to an aromatic ring is 1. The van der Waals surface area contributed by atoms with Crippen molar-refractivity contribution < 1.29 is 4.39 Å². The average molecular weight is 220 g/mol. The van der Waals surface area contributed by atoms with Crippen LogP contribution in [0.3, 0.4) is 0 Å². The van der Waals surface area contributed by atoms with Gasteiger partial charge in [-0.1, -0.05) is 0 Å². The first-order valence-electron chi connectivity index (χ1n) is 5.32. The van der Waals surface area contributed by atoms with Crippen LogP contribution in [-0.4, -0.2) is 21.2 Å². The lowest BCUT2D eigenvalue weighted by Crippen LogP contribution is -2.18. The van der Waals surface area contributed by atoms with E-state index in [0.717, 1.165) is 29.4 Å². The molecule has 4 nitrogen and oxygen atoms in total. The Labute approximate surface area is 92.3 Å². The molecule has 3 rings (SSSR count). The van der Waals surface area contributed by atoms with E-state index in [0.29, 0.717) is 5.82 Å². The molecule has 84 valence electrons. The predicted octanol–water partition coefficient (Wildman–Crippen LogP) is 1.78. The summed E-state index contributed by atoms with van der Waals surface area (Å²) < 4.78 is 15.0. The Balaban J connectivity index is 2.31. The zero-order valence-electron chi connectivity index (χ0n) is 9.07. The quantitative estimate of drug-likeness (QED) is 0.839. The molecule has 2 aromatic rings. The molecule has 2 aromatic heterocycles.